The summed E-state index contributed by atoms with van der Waals surface area (Å²) >= 11 is 1.73. The van der Waals surface area contributed by atoms with Crippen LogP contribution in [0.1, 0.15) is 16.1 Å². The van der Waals surface area contributed by atoms with Crippen LogP contribution >= 0.6 is 11.8 Å². The van der Waals surface area contributed by atoms with E-state index >= 15 is 0 Å². The lowest BCUT2D eigenvalue weighted by molar-refractivity contribution is 0.0697. The number of aryl methyl sites for hydroxylation is 2. The summed E-state index contributed by atoms with van der Waals surface area (Å²) in [5, 5.41) is 14.6. The molecular weight excluding hydrogens is 276 g/mol. The Morgan fingerprint density at radius 1 is 1.55 bits per heavy atom. The van der Waals surface area contributed by atoms with E-state index in [9.17, 15) is 9.90 Å². The summed E-state index contributed by atoms with van der Waals surface area (Å²) in [5.74, 6) is -0.0350. The van der Waals surface area contributed by atoms with Gasteiger partial charge in [-0.25, -0.2) is 9.78 Å². The van der Waals surface area contributed by atoms with Gasteiger partial charge in [0.05, 0.1) is 16.8 Å². The number of pyridine rings is 1. The lowest BCUT2D eigenvalue weighted by Gasteiger charge is -2.21. The number of hydrogen-bond donors (Lipinski definition) is 1. The van der Waals surface area contributed by atoms with Gasteiger partial charge in [0.1, 0.15) is 5.56 Å². The first-order chi connectivity index (χ1) is 9.47. The lowest BCUT2D eigenvalue weighted by Crippen LogP contribution is -2.23. The molecule has 0 saturated heterocycles. The van der Waals surface area contributed by atoms with Crippen LogP contribution in [0.4, 0.5) is 5.69 Å². The first-order valence-electron chi connectivity index (χ1n) is 6.23. The Labute approximate surface area is 121 Å². The average Bonchev–Trinajstić information content (AvgIpc) is 2.70. The summed E-state index contributed by atoms with van der Waals surface area (Å²) in [4.78, 5) is 17.7. The maximum absolute atomic E-state index is 11.5. The monoisotopic (exact) mass is 294 g/mol. The molecule has 2 heterocycles. The molecule has 0 radical (unpaired) electrons. The standard InChI is InChI=1S/C13H18N4O2S/c1-8-10-11(16(2)5-6-20-4)9(13(18)19)7-14-12(10)17(3)15-8/h7H,5-6H2,1-4H3,(H,18,19). The summed E-state index contributed by atoms with van der Waals surface area (Å²) < 4.78 is 1.68. The summed E-state index contributed by atoms with van der Waals surface area (Å²) in [6.07, 6.45) is 3.44. The number of thioether (sulfide) groups is 1. The molecular formula is C13H18N4O2S. The van der Waals surface area contributed by atoms with Crippen molar-refractivity contribution in [3.63, 3.8) is 0 Å². The molecule has 0 amide bonds. The molecule has 0 unspecified atom stereocenters. The number of anilines is 1. The van der Waals surface area contributed by atoms with Crippen molar-refractivity contribution < 1.29 is 9.90 Å². The van der Waals surface area contributed by atoms with E-state index < -0.39 is 5.97 Å². The molecule has 0 fully saturated rings. The van der Waals surface area contributed by atoms with E-state index in [0.717, 1.165) is 23.4 Å². The predicted molar refractivity (Wildman–Crippen MR) is 81.9 cm³/mol. The van der Waals surface area contributed by atoms with Gasteiger partial charge in [-0.2, -0.15) is 16.9 Å². The molecule has 1 N–H and O–H groups in total. The van der Waals surface area contributed by atoms with E-state index in [1.807, 2.05) is 32.2 Å². The maximum atomic E-state index is 11.5. The van der Waals surface area contributed by atoms with Crippen LogP contribution in [0.2, 0.25) is 0 Å². The largest absolute Gasteiger partial charge is 0.478 e. The number of hydrogen-bond acceptors (Lipinski definition) is 5. The zero-order chi connectivity index (χ0) is 14.9. The molecule has 6 nitrogen and oxygen atoms in total. The van der Waals surface area contributed by atoms with Crippen LogP contribution in [0.25, 0.3) is 11.0 Å². The van der Waals surface area contributed by atoms with Crippen LogP contribution < -0.4 is 4.90 Å². The van der Waals surface area contributed by atoms with Crippen LogP contribution in [0.5, 0.6) is 0 Å². The molecule has 2 aromatic rings. The van der Waals surface area contributed by atoms with E-state index in [-0.39, 0.29) is 5.56 Å². The summed E-state index contributed by atoms with van der Waals surface area (Å²) in [7, 11) is 3.72. The van der Waals surface area contributed by atoms with Gasteiger partial charge in [0.15, 0.2) is 5.65 Å². The molecule has 0 aliphatic heterocycles. The maximum Gasteiger partial charge on any atom is 0.339 e. The second-order valence-corrected chi connectivity index (χ2v) is 5.63. The quantitative estimate of drug-likeness (QED) is 0.906. The first kappa shape index (κ1) is 14.6. The van der Waals surface area contributed by atoms with Crippen molar-refractivity contribution in [1.82, 2.24) is 14.8 Å². The first-order valence-corrected chi connectivity index (χ1v) is 7.62. The number of carbonyl (C=O) groups is 1. The van der Waals surface area contributed by atoms with E-state index in [2.05, 4.69) is 10.1 Å². The summed E-state index contributed by atoms with van der Waals surface area (Å²) in [5.41, 5.74) is 2.42. The number of carboxylic acids is 1. The van der Waals surface area contributed by atoms with Gasteiger partial charge in [-0.3, -0.25) is 4.68 Å². The minimum absolute atomic E-state index is 0.220. The smallest absolute Gasteiger partial charge is 0.339 e. The number of nitrogens with zero attached hydrogens (tertiary/aromatic N) is 4. The topological polar surface area (TPSA) is 71.2 Å². The number of fused-ring (bicyclic) bond motifs is 1. The van der Waals surface area contributed by atoms with Gasteiger partial charge >= 0.3 is 5.97 Å². The van der Waals surface area contributed by atoms with E-state index in [4.69, 9.17) is 0 Å². The lowest BCUT2D eigenvalue weighted by atomic mass is 10.1. The highest BCUT2D eigenvalue weighted by atomic mass is 32.2. The van der Waals surface area contributed by atoms with Crippen molar-refractivity contribution in [2.75, 3.05) is 30.5 Å². The Kier molecular flexibility index (Phi) is 4.17. The normalized spacial score (nSPS) is 11.0. The van der Waals surface area contributed by atoms with Crippen molar-refractivity contribution in [1.29, 1.82) is 0 Å². The van der Waals surface area contributed by atoms with Crippen LogP contribution in [-0.4, -0.2) is 51.4 Å². The Bertz CT molecular complexity index is 653. The van der Waals surface area contributed by atoms with Gasteiger partial charge in [-0.15, -0.1) is 0 Å². The minimum Gasteiger partial charge on any atom is -0.478 e. The minimum atomic E-state index is -0.964. The predicted octanol–water partition coefficient (Wildman–Crippen LogP) is 1.77. The number of aromatic carboxylic acids is 1. The highest BCUT2D eigenvalue weighted by molar-refractivity contribution is 7.98. The van der Waals surface area contributed by atoms with Gasteiger partial charge in [0.25, 0.3) is 0 Å². The van der Waals surface area contributed by atoms with Crippen LogP contribution in [-0.2, 0) is 7.05 Å². The Morgan fingerprint density at radius 2 is 2.25 bits per heavy atom. The third-order valence-corrected chi connectivity index (χ3v) is 3.83. The molecule has 0 aliphatic rings. The fraction of sp³-hybridized carbons (Fsp3) is 0.462. The van der Waals surface area contributed by atoms with Crippen LogP contribution in [0.3, 0.4) is 0 Å². The summed E-state index contributed by atoms with van der Waals surface area (Å²) in [6.45, 7) is 2.65. The number of rotatable bonds is 5. The molecule has 20 heavy (non-hydrogen) atoms. The van der Waals surface area contributed by atoms with Gasteiger partial charge in [0.2, 0.25) is 0 Å². The van der Waals surface area contributed by atoms with Gasteiger partial charge in [-0.1, -0.05) is 0 Å². The molecule has 0 aliphatic carbocycles. The zero-order valence-electron chi connectivity index (χ0n) is 12.0. The fourth-order valence-electron chi connectivity index (χ4n) is 2.29. The second kappa shape index (κ2) is 5.70. The Hall–Kier alpha value is -1.76. The summed E-state index contributed by atoms with van der Waals surface area (Å²) in [6, 6.07) is 0. The SMILES string of the molecule is CSCCN(C)c1c(C(=O)O)cnc2c1c(C)nn2C. The third-order valence-electron chi connectivity index (χ3n) is 3.24. The van der Waals surface area contributed by atoms with Crippen molar-refractivity contribution in [2.24, 2.45) is 7.05 Å². The number of aromatic nitrogens is 3. The molecule has 2 rings (SSSR count). The van der Waals surface area contributed by atoms with Crippen LogP contribution in [0.15, 0.2) is 6.20 Å². The molecule has 0 spiro atoms. The molecule has 108 valence electrons. The highest BCUT2D eigenvalue weighted by Gasteiger charge is 2.21. The van der Waals surface area contributed by atoms with E-state index in [1.54, 1.807) is 16.4 Å². The van der Waals surface area contributed by atoms with E-state index in [1.165, 1.54) is 6.20 Å². The number of carboxylic acid groups (broad SMARTS) is 1. The molecule has 0 saturated carbocycles. The van der Waals surface area contributed by atoms with Crippen molar-refractivity contribution in [3.8, 4) is 0 Å². The van der Waals surface area contributed by atoms with Crippen molar-refractivity contribution in [3.05, 3.63) is 17.5 Å². The molecule has 7 heteroatoms. The second-order valence-electron chi connectivity index (χ2n) is 4.65. The van der Waals surface area contributed by atoms with Crippen molar-refractivity contribution in [2.45, 2.75) is 6.92 Å². The zero-order valence-corrected chi connectivity index (χ0v) is 12.9. The van der Waals surface area contributed by atoms with Gasteiger partial charge < -0.3 is 10.0 Å². The van der Waals surface area contributed by atoms with Gasteiger partial charge in [0, 0.05) is 32.6 Å². The molecule has 0 atom stereocenters. The van der Waals surface area contributed by atoms with Crippen LogP contribution in [0, 0.1) is 6.92 Å². The van der Waals surface area contributed by atoms with Crippen molar-refractivity contribution >= 4 is 34.5 Å². The fourth-order valence-corrected chi connectivity index (χ4v) is 2.74. The Morgan fingerprint density at radius 3 is 2.85 bits per heavy atom. The average molecular weight is 294 g/mol. The molecule has 0 aromatic carbocycles. The molecule has 2 aromatic heterocycles. The van der Waals surface area contributed by atoms with E-state index in [0.29, 0.717) is 11.3 Å². The third kappa shape index (κ3) is 2.45. The molecule has 0 bridgehead atoms. The Balaban J connectivity index is 2.68. The highest BCUT2D eigenvalue weighted by Crippen LogP contribution is 2.31. The van der Waals surface area contributed by atoms with Gasteiger partial charge in [-0.05, 0) is 13.2 Å².